The molecule has 3 amide bonds. The average Bonchev–Trinajstić information content (AvgIpc) is 3.04. The molecule has 0 saturated heterocycles. The van der Waals surface area contributed by atoms with Crippen LogP contribution in [0.2, 0.25) is 0 Å². The Bertz CT molecular complexity index is 760. The number of rotatable bonds is 6. The van der Waals surface area contributed by atoms with E-state index in [0.717, 1.165) is 29.3 Å². The van der Waals surface area contributed by atoms with Crippen LogP contribution in [0.25, 0.3) is 11.5 Å². The molecule has 7 nitrogen and oxygen atoms in total. The number of benzene rings is 1. The van der Waals surface area contributed by atoms with Gasteiger partial charge in [-0.1, -0.05) is 24.8 Å². The molecule has 0 saturated carbocycles. The van der Waals surface area contributed by atoms with Gasteiger partial charge in [0.15, 0.2) is 0 Å². The van der Waals surface area contributed by atoms with Crippen LogP contribution < -0.4 is 10.6 Å². The van der Waals surface area contributed by atoms with Crippen molar-refractivity contribution in [3.05, 3.63) is 29.3 Å². The molecule has 25 heavy (non-hydrogen) atoms. The standard InChI is InChI=1S/C17H22N4O3S/c1-5-12(4)18-16(23)19-14(22)9-25-17-21-20-15(24-17)13-7-6-10(2)11(3)8-13/h6-8,12H,5,9H2,1-4H3,(H2,18,19,22,23)/t12-/m1/s1. The summed E-state index contributed by atoms with van der Waals surface area (Å²) in [7, 11) is 0. The van der Waals surface area contributed by atoms with Crippen molar-refractivity contribution < 1.29 is 14.0 Å². The molecule has 0 aliphatic carbocycles. The van der Waals surface area contributed by atoms with Gasteiger partial charge in [0.25, 0.3) is 5.22 Å². The van der Waals surface area contributed by atoms with Crippen LogP contribution in [0.15, 0.2) is 27.8 Å². The summed E-state index contributed by atoms with van der Waals surface area (Å²) in [5, 5.41) is 13.1. The first-order valence-electron chi connectivity index (χ1n) is 8.03. The number of thioether (sulfide) groups is 1. The predicted molar refractivity (Wildman–Crippen MR) is 96.4 cm³/mol. The number of hydrogen-bond donors (Lipinski definition) is 2. The maximum Gasteiger partial charge on any atom is 0.321 e. The van der Waals surface area contributed by atoms with Crippen molar-refractivity contribution in [2.75, 3.05) is 5.75 Å². The lowest BCUT2D eigenvalue weighted by atomic mass is 10.1. The molecule has 2 aromatic rings. The van der Waals surface area contributed by atoms with Crippen LogP contribution in [0.1, 0.15) is 31.4 Å². The lowest BCUT2D eigenvalue weighted by Crippen LogP contribution is -2.43. The summed E-state index contributed by atoms with van der Waals surface area (Å²) in [6.45, 7) is 7.86. The number of carbonyl (C=O) groups is 2. The van der Waals surface area contributed by atoms with E-state index in [1.54, 1.807) is 0 Å². The highest BCUT2D eigenvalue weighted by atomic mass is 32.2. The van der Waals surface area contributed by atoms with Crippen LogP contribution in [0.5, 0.6) is 0 Å². The number of urea groups is 1. The van der Waals surface area contributed by atoms with E-state index in [-0.39, 0.29) is 17.0 Å². The molecular formula is C17H22N4O3S. The SMILES string of the molecule is CC[C@@H](C)NC(=O)NC(=O)CSc1nnc(-c2ccc(C)c(C)c2)o1. The van der Waals surface area contributed by atoms with E-state index in [1.807, 2.05) is 45.9 Å². The number of nitrogens with one attached hydrogen (secondary N) is 2. The van der Waals surface area contributed by atoms with Gasteiger partial charge in [0.2, 0.25) is 11.8 Å². The molecule has 1 atom stereocenters. The predicted octanol–water partition coefficient (Wildman–Crippen LogP) is 3.07. The highest BCUT2D eigenvalue weighted by molar-refractivity contribution is 7.99. The molecule has 0 radical (unpaired) electrons. The van der Waals surface area contributed by atoms with Gasteiger partial charge >= 0.3 is 6.03 Å². The van der Waals surface area contributed by atoms with E-state index in [1.165, 1.54) is 5.56 Å². The van der Waals surface area contributed by atoms with Gasteiger partial charge < -0.3 is 9.73 Å². The van der Waals surface area contributed by atoms with Gasteiger partial charge in [-0.2, -0.15) is 0 Å². The number of amides is 3. The number of carbonyl (C=O) groups excluding carboxylic acids is 2. The summed E-state index contributed by atoms with van der Waals surface area (Å²) >= 11 is 1.09. The second-order valence-electron chi connectivity index (χ2n) is 5.79. The third kappa shape index (κ3) is 5.60. The first-order valence-corrected chi connectivity index (χ1v) is 9.02. The Balaban J connectivity index is 1.88. The summed E-state index contributed by atoms with van der Waals surface area (Å²) in [6.07, 6.45) is 0.791. The van der Waals surface area contributed by atoms with Crippen LogP contribution in [0, 0.1) is 13.8 Å². The average molecular weight is 362 g/mol. The van der Waals surface area contributed by atoms with Crippen LogP contribution in [-0.2, 0) is 4.79 Å². The minimum Gasteiger partial charge on any atom is -0.411 e. The minimum atomic E-state index is -0.499. The number of aromatic nitrogens is 2. The van der Waals surface area contributed by atoms with E-state index in [2.05, 4.69) is 20.8 Å². The van der Waals surface area contributed by atoms with Gasteiger partial charge in [-0.05, 0) is 50.5 Å². The second kappa shape index (κ2) is 8.66. The van der Waals surface area contributed by atoms with E-state index in [9.17, 15) is 9.59 Å². The lowest BCUT2D eigenvalue weighted by molar-refractivity contribution is -0.117. The molecule has 1 aromatic heterocycles. The molecule has 1 heterocycles. The van der Waals surface area contributed by atoms with Crippen molar-refractivity contribution in [2.24, 2.45) is 0 Å². The molecule has 2 rings (SSSR count). The summed E-state index contributed by atoms with van der Waals surface area (Å²) in [6, 6.07) is 5.39. The first-order chi connectivity index (χ1) is 11.9. The van der Waals surface area contributed by atoms with Crippen LogP contribution in [-0.4, -0.2) is 33.9 Å². The molecule has 8 heteroatoms. The van der Waals surface area contributed by atoms with Crippen molar-refractivity contribution in [1.82, 2.24) is 20.8 Å². The summed E-state index contributed by atoms with van der Waals surface area (Å²) < 4.78 is 5.56. The second-order valence-corrected chi connectivity index (χ2v) is 6.72. The molecule has 0 unspecified atom stereocenters. The van der Waals surface area contributed by atoms with E-state index in [4.69, 9.17) is 4.42 Å². The Morgan fingerprint density at radius 1 is 1.24 bits per heavy atom. The van der Waals surface area contributed by atoms with Gasteiger partial charge in [-0.15, -0.1) is 10.2 Å². The third-order valence-corrected chi connectivity index (χ3v) is 4.55. The molecule has 134 valence electrons. The van der Waals surface area contributed by atoms with Gasteiger partial charge in [-0.3, -0.25) is 10.1 Å². The van der Waals surface area contributed by atoms with Gasteiger partial charge in [0.05, 0.1) is 5.75 Å². The van der Waals surface area contributed by atoms with Crippen molar-refractivity contribution in [1.29, 1.82) is 0 Å². The van der Waals surface area contributed by atoms with Crippen molar-refractivity contribution in [3.63, 3.8) is 0 Å². The van der Waals surface area contributed by atoms with Crippen molar-refractivity contribution in [3.8, 4) is 11.5 Å². The topological polar surface area (TPSA) is 97.1 Å². The Morgan fingerprint density at radius 3 is 2.68 bits per heavy atom. The molecule has 0 spiro atoms. The van der Waals surface area contributed by atoms with Crippen LogP contribution >= 0.6 is 11.8 Å². The minimum absolute atomic E-state index is 0.0110. The van der Waals surface area contributed by atoms with Gasteiger partial charge in [0, 0.05) is 11.6 Å². The van der Waals surface area contributed by atoms with Gasteiger partial charge in [0.1, 0.15) is 0 Å². The largest absolute Gasteiger partial charge is 0.411 e. The van der Waals surface area contributed by atoms with Gasteiger partial charge in [-0.25, -0.2) is 4.79 Å². The fourth-order valence-corrected chi connectivity index (χ4v) is 2.47. The Labute approximate surface area is 151 Å². The molecule has 0 aliphatic heterocycles. The molecule has 0 fully saturated rings. The zero-order valence-corrected chi connectivity index (χ0v) is 15.6. The molecule has 1 aromatic carbocycles. The van der Waals surface area contributed by atoms with Crippen LogP contribution in [0.3, 0.4) is 0 Å². The van der Waals surface area contributed by atoms with E-state index >= 15 is 0 Å². The first kappa shape index (κ1) is 19.0. The molecular weight excluding hydrogens is 340 g/mol. The summed E-state index contributed by atoms with van der Waals surface area (Å²) in [5.41, 5.74) is 3.15. The van der Waals surface area contributed by atoms with Crippen molar-refractivity contribution in [2.45, 2.75) is 45.4 Å². The highest BCUT2D eigenvalue weighted by Gasteiger charge is 2.14. The fraction of sp³-hybridized carbons (Fsp3) is 0.412. The fourth-order valence-electron chi connectivity index (χ4n) is 1.91. The van der Waals surface area contributed by atoms with Crippen LogP contribution in [0.4, 0.5) is 4.79 Å². The number of hydrogen-bond acceptors (Lipinski definition) is 6. The van der Waals surface area contributed by atoms with Crippen molar-refractivity contribution >= 4 is 23.7 Å². The zero-order valence-electron chi connectivity index (χ0n) is 14.8. The third-order valence-electron chi connectivity index (χ3n) is 3.73. The van der Waals surface area contributed by atoms with E-state index < -0.39 is 11.9 Å². The smallest absolute Gasteiger partial charge is 0.321 e. The summed E-state index contributed by atoms with van der Waals surface area (Å²) in [5.74, 6) is -0.0000763. The maximum atomic E-state index is 11.8. The number of imide groups is 1. The van der Waals surface area contributed by atoms with E-state index in [0.29, 0.717) is 5.89 Å². The molecule has 0 bridgehead atoms. The monoisotopic (exact) mass is 362 g/mol. The molecule has 0 aliphatic rings. The Kier molecular flexibility index (Phi) is 6.58. The lowest BCUT2D eigenvalue weighted by Gasteiger charge is -2.11. The number of nitrogens with zero attached hydrogens (tertiary/aromatic N) is 2. The molecule has 2 N–H and O–H groups in total. The Morgan fingerprint density at radius 2 is 2.00 bits per heavy atom. The maximum absolute atomic E-state index is 11.8. The highest BCUT2D eigenvalue weighted by Crippen LogP contribution is 2.24. The quantitative estimate of drug-likeness (QED) is 0.767. The normalized spacial score (nSPS) is 11.8. The summed E-state index contributed by atoms with van der Waals surface area (Å²) in [4.78, 5) is 23.4. The number of aryl methyl sites for hydroxylation is 2. The Hall–Kier alpha value is -2.35. The zero-order chi connectivity index (χ0) is 18.4.